The maximum Gasteiger partial charge on any atom is 0.251 e. The number of benzene rings is 1. The minimum absolute atomic E-state index is 0.0405. The maximum atomic E-state index is 12.7. The SMILES string of the molecule is CNC(=O)C(NC(=O)c1ccccc1)C12CC3CC(CC(C3)C1)C2. The average molecular weight is 326 g/mol. The predicted molar refractivity (Wildman–Crippen MR) is 92.4 cm³/mol. The highest BCUT2D eigenvalue weighted by Gasteiger charge is 2.56. The van der Waals surface area contributed by atoms with Crippen molar-refractivity contribution in [1.82, 2.24) is 10.6 Å². The molecule has 1 unspecified atom stereocenters. The molecule has 0 aliphatic heterocycles. The summed E-state index contributed by atoms with van der Waals surface area (Å²) in [6, 6.07) is 8.80. The molecule has 5 rings (SSSR count). The van der Waals surface area contributed by atoms with E-state index in [4.69, 9.17) is 0 Å². The zero-order valence-electron chi connectivity index (χ0n) is 14.3. The Morgan fingerprint density at radius 2 is 1.54 bits per heavy atom. The molecule has 4 aliphatic rings. The summed E-state index contributed by atoms with van der Waals surface area (Å²) in [4.78, 5) is 25.3. The fourth-order valence-electron chi connectivity index (χ4n) is 5.98. The third kappa shape index (κ3) is 2.62. The van der Waals surface area contributed by atoms with E-state index in [9.17, 15) is 9.59 Å². The lowest BCUT2D eigenvalue weighted by molar-refractivity contribution is -0.134. The van der Waals surface area contributed by atoms with Gasteiger partial charge in [-0.05, 0) is 68.4 Å². The summed E-state index contributed by atoms with van der Waals surface area (Å²) in [5, 5.41) is 5.88. The summed E-state index contributed by atoms with van der Waals surface area (Å²) in [7, 11) is 1.67. The van der Waals surface area contributed by atoms with Gasteiger partial charge in [0, 0.05) is 18.0 Å². The van der Waals surface area contributed by atoms with Crippen LogP contribution in [-0.2, 0) is 4.79 Å². The number of likely N-dealkylation sites (N-methyl/N-ethyl adjacent to an activating group) is 1. The van der Waals surface area contributed by atoms with E-state index in [1.807, 2.05) is 18.2 Å². The van der Waals surface area contributed by atoms with Crippen molar-refractivity contribution in [1.29, 1.82) is 0 Å². The van der Waals surface area contributed by atoms with Gasteiger partial charge in [0.15, 0.2) is 0 Å². The van der Waals surface area contributed by atoms with E-state index in [1.54, 1.807) is 19.2 Å². The molecule has 4 bridgehead atoms. The van der Waals surface area contributed by atoms with Crippen molar-refractivity contribution in [3.8, 4) is 0 Å². The Kier molecular flexibility index (Phi) is 3.86. The van der Waals surface area contributed by atoms with E-state index in [-0.39, 0.29) is 17.2 Å². The molecule has 2 amide bonds. The minimum Gasteiger partial charge on any atom is -0.357 e. The van der Waals surface area contributed by atoms with Crippen molar-refractivity contribution in [3.63, 3.8) is 0 Å². The third-order valence-electron chi connectivity index (χ3n) is 6.52. The van der Waals surface area contributed by atoms with Crippen LogP contribution in [0.1, 0.15) is 48.9 Å². The van der Waals surface area contributed by atoms with Gasteiger partial charge in [-0.25, -0.2) is 0 Å². The Morgan fingerprint density at radius 3 is 2.04 bits per heavy atom. The first kappa shape index (κ1) is 15.7. The molecule has 0 heterocycles. The zero-order valence-corrected chi connectivity index (χ0v) is 14.3. The van der Waals surface area contributed by atoms with Crippen LogP contribution < -0.4 is 10.6 Å². The molecule has 128 valence electrons. The summed E-state index contributed by atoms with van der Waals surface area (Å²) >= 11 is 0. The maximum absolute atomic E-state index is 12.7. The fourth-order valence-corrected chi connectivity index (χ4v) is 5.98. The number of nitrogens with one attached hydrogen (secondary N) is 2. The number of rotatable bonds is 4. The molecule has 4 aliphatic carbocycles. The summed E-state index contributed by atoms with van der Waals surface area (Å²) < 4.78 is 0. The van der Waals surface area contributed by atoms with E-state index >= 15 is 0 Å². The van der Waals surface area contributed by atoms with Crippen LogP contribution in [0.5, 0.6) is 0 Å². The van der Waals surface area contributed by atoms with Gasteiger partial charge in [0.2, 0.25) is 5.91 Å². The highest BCUT2D eigenvalue weighted by atomic mass is 16.2. The minimum atomic E-state index is -0.413. The van der Waals surface area contributed by atoms with Gasteiger partial charge >= 0.3 is 0 Å². The summed E-state index contributed by atoms with van der Waals surface area (Å²) in [5.41, 5.74) is 0.579. The summed E-state index contributed by atoms with van der Waals surface area (Å²) in [5.74, 6) is 2.06. The van der Waals surface area contributed by atoms with Crippen LogP contribution in [-0.4, -0.2) is 24.9 Å². The van der Waals surface area contributed by atoms with Gasteiger partial charge < -0.3 is 10.6 Å². The standard InChI is InChI=1S/C20H26N2O2/c1-21-19(24)17(22-18(23)16-5-3-2-4-6-16)20-10-13-7-14(11-20)9-15(8-13)12-20/h2-6,13-15,17H,7-12H2,1H3,(H,21,24)(H,22,23). The normalized spacial score (nSPS) is 34.6. The lowest BCUT2D eigenvalue weighted by Gasteiger charge is -2.58. The van der Waals surface area contributed by atoms with Crippen LogP contribution in [0.25, 0.3) is 0 Å². The first-order chi connectivity index (χ1) is 11.6. The molecule has 0 saturated heterocycles. The van der Waals surface area contributed by atoms with Crippen LogP contribution in [0.2, 0.25) is 0 Å². The van der Waals surface area contributed by atoms with Gasteiger partial charge in [0.05, 0.1) is 0 Å². The highest BCUT2D eigenvalue weighted by Crippen LogP contribution is 2.61. The molecule has 2 N–H and O–H groups in total. The Hall–Kier alpha value is -1.84. The van der Waals surface area contributed by atoms with Crippen molar-refractivity contribution in [2.24, 2.45) is 23.2 Å². The van der Waals surface area contributed by atoms with Crippen LogP contribution in [0.4, 0.5) is 0 Å². The van der Waals surface area contributed by atoms with Crippen molar-refractivity contribution < 1.29 is 9.59 Å². The largest absolute Gasteiger partial charge is 0.357 e. The second-order valence-electron chi connectivity index (χ2n) is 8.17. The smallest absolute Gasteiger partial charge is 0.251 e. The van der Waals surface area contributed by atoms with Crippen molar-refractivity contribution in [2.45, 2.75) is 44.6 Å². The molecule has 0 aromatic heterocycles. The highest BCUT2D eigenvalue weighted by molar-refractivity contribution is 5.97. The zero-order chi connectivity index (χ0) is 16.7. The van der Waals surface area contributed by atoms with Gasteiger partial charge in [-0.15, -0.1) is 0 Å². The van der Waals surface area contributed by atoms with Crippen LogP contribution in [0.3, 0.4) is 0 Å². The lowest BCUT2D eigenvalue weighted by Crippen LogP contribution is -2.61. The third-order valence-corrected chi connectivity index (χ3v) is 6.52. The number of hydrogen-bond donors (Lipinski definition) is 2. The molecule has 24 heavy (non-hydrogen) atoms. The van der Waals surface area contributed by atoms with E-state index in [2.05, 4.69) is 10.6 Å². The Bertz CT molecular complexity index is 605. The fraction of sp³-hybridized carbons (Fsp3) is 0.600. The van der Waals surface area contributed by atoms with Crippen LogP contribution in [0.15, 0.2) is 30.3 Å². The summed E-state index contributed by atoms with van der Waals surface area (Å²) in [6.45, 7) is 0. The molecule has 1 aromatic rings. The van der Waals surface area contributed by atoms with Gasteiger partial charge in [0.1, 0.15) is 6.04 Å². The second kappa shape index (κ2) is 5.91. The molecule has 0 radical (unpaired) electrons. The van der Waals surface area contributed by atoms with Crippen LogP contribution in [0, 0.1) is 23.2 Å². The monoisotopic (exact) mass is 326 g/mol. The van der Waals surface area contributed by atoms with E-state index in [0.717, 1.165) is 37.0 Å². The van der Waals surface area contributed by atoms with E-state index < -0.39 is 6.04 Å². The molecular weight excluding hydrogens is 300 g/mol. The van der Waals surface area contributed by atoms with Gasteiger partial charge in [0.25, 0.3) is 5.91 Å². The Morgan fingerprint density at radius 1 is 1.00 bits per heavy atom. The Balaban J connectivity index is 1.60. The molecule has 4 nitrogen and oxygen atoms in total. The lowest BCUT2D eigenvalue weighted by atomic mass is 9.47. The molecule has 4 heteroatoms. The first-order valence-electron chi connectivity index (χ1n) is 9.17. The number of carbonyl (C=O) groups excluding carboxylic acids is 2. The quantitative estimate of drug-likeness (QED) is 0.894. The average Bonchev–Trinajstić information content (AvgIpc) is 2.58. The second-order valence-corrected chi connectivity index (χ2v) is 8.17. The molecule has 0 spiro atoms. The molecule has 4 fully saturated rings. The van der Waals surface area contributed by atoms with Gasteiger partial charge in [-0.1, -0.05) is 18.2 Å². The molecule has 1 atom stereocenters. The number of carbonyl (C=O) groups is 2. The van der Waals surface area contributed by atoms with Crippen molar-refractivity contribution in [3.05, 3.63) is 35.9 Å². The molecule has 4 saturated carbocycles. The van der Waals surface area contributed by atoms with Gasteiger partial charge in [-0.3, -0.25) is 9.59 Å². The first-order valence-corrected chi connectivity index (χ1v) is 9.17. The molecule has 1 aromatic carbocycles. The van der Waals surface area contributed by atoms with E-state index in [1.165, 1.54) is 19.3 Å². The van der Waals surface area contributed by atoms with Crippen LogP contribution >= 0.6 is 0 Å². The van der Waals surface area contributed by atoms with Crippen molar-refractivity contribution >= 4 is 11.8 Å². The number of hydrogen-bond acceptors (Lipinski definition) is 2. The summed E-state index contributed by atoms with van der Waals surface area (Å²) in [6.07, 6.45) is 7.25. The van der Waals surface area contributed by atoms with Crippen molar-refractivity contribution in [2.75, 3.05) is 7.05 Å². The predicted octanol–water partition coefficient (Wildman–Crippen LogP) is 2.75. The van der Waals surface area contributed by atoms with E-state index in [0.29, 0.717) is 5.56 Å². The van der Waals surface area contributed by atoms with Gasteiger partial charge in [-0.2, -0.15) is 0 Å². The number of amides is 2. The molecular formula is C20H26N2O2. The Labute approximate surface area is 143 Å². The topological polar surface area (TPSA) is 58.2 Å².